The molecule has 2 aliphatic rings. The van der Waals surface area contributed by atoms with Gasteiger partial charge in [0.25, 0.3) is 0 Å². The number of carbonyl (C=O) groups is 2. The van der Waals surface area contributed by atoms with E-state index in [4.69, 9.17) is 0 Å². The second kappa shape index (κ2) is 6.15. The summed E-state index contributed by atoms with van der Waals surface area (Å²) in [5.41, 5.74) is 0. The van der Waals surface area contributed by atoms with E-state index in [2.05, 4.69) is 5.32 Å². The average Bonchev–Trinajstić information content (AvgIpc) is 2.57. The summed E-state index contributed by atoms with van der Waals surface area (Å²) in [5.74, 6) is -0.00432. The van der Waals surface area contributed by atoms with Gasteiger partial charge >= 0.3 is 0 Å². The molecule has 17 heavy (non-hydrogen) atoms. The lowest BCUT2D eigenvalue weighted by molar-refractivity contribution is -0.138. The molecule has 0 aromatic rings. The highest BCUT2D eigenvalue weighted by Crippen LogP contribution is 2.17. The van der Waals surface area contributed by atoms with Crippen LogP contribution in [0.1, 0.15) is 51.4 Å². The summed E-state index contributed by atoms with van der Waals surface area (Å²) in [6.07, 6.45) is 8.59. The van der Waals surface area contributed by atoms with Gasteiger partial charge in [0.15, 0.2) is 0 Å². The van der Waals surface area contributed by atoms with Crippen LogP contribution in [0, 0.1) is 0 Å². The first kappa shape index (κ1) is 12.6. The SMILES string of the molecule is O=C1CCC(=O)N1CCNC1CCCCCC1. The van der Waals surface area contributed by atoms with Gasteiger partial charge < -0.3 is 5.32 Å². The number of carbonyl (C=O) groups excluding carboxylic acids is 2. The molecule has 0 unspecified atom stereocenters. The zero-order chi connectivity index (χ0) is 12.1. The Morgan fingerprint density at radius 2 is 1.59 bits per heavy atom. The maximum Gasteiger partial charge on any atom is 0.229 e. The van der Waals surface area contributed by atoms with Crippen molar-refractivity contribution in [3.8, 4) is 0 Å². The van der Waals surface area contributed by atoms with E-state index >= 15 is 0 Å². The van der Waals surface area contributed by atoms with Gasteiger partial charge in [-0.05, 0) is 12.8 Å². The number of likely N-dealkylation sites (tertiary alicyclic amines) is 1. The van der Waals surface area contributed by atoms with Crippen molar-refractivity contribution in [2.24, 2.45) is 0 Å². The number of hydrogen-bond acceptors (Lipinski definition) is 3. The van der Waals surface area contributed by atoms with E-state index in [-0.39, 0.29) is 11.8 Å². The number of rotatable bonds is 4. The third-order valence-corrected chi connectivity index (χ3v) is 3.78. The van der Waals surface area contributed by atoms with Gasteiger partial charge in [-0.1, -0.05) is 25.7 Å². The van der Waals surface area contributed by atoms with Crippen LogP contribution < -0.4 is 5.32 Å². The fourth-order valence-corrected chi connectivity index (χ4v) is 2.74. The standard InChI is InChI=1S/C13H22N2O2/c16-12-7-8-13(17)15(12)10-9-14-11-5-3-1-2-4-6-11/h11,14H,1-10H2. The molecular weight excluding hydrogens is 216 g/mol. The molecule has 2 amide bonds. The molecule has 0 aromatic carbocycles. The van der Waals surface area contributed by atoms with E-state index in [9.17, 15) is 9.59 Å². The molecule has 0 radical (unpaired) electrons. The highest BCUT2D eigenvalue weighted by Gasteiger charge is 2.28. The smallest absolute Gasteiger partial charge is 0.229 e. The van der Waals surface area contributed by atoms with E-state index in [1.807, 2.05) is 0 Å². The van der Waals surface area contributed by atoms with Crippen LogP contribution in [-0.4, -0.2) is 35.8 Å². The Morgan fingerprint density at radius 3 is 2.18 bits per heavy atom. The second-order valence-corrected chi connectivity index (χ2v) is 5.08. The minimum absolute atomic E-state index is 0.00216. The molecule has 4 nitrogen and oxygen atoms in total. The molecule has 1 aliphatic carbocycles. The van der Waals surface area contributed by atoms with Crippen molar-refractivity contribution in [3.05, 3.63) is 0 Å². The van der Waals surface area contributed by atoms with E-state index < -0.39 is 0 Å². The molecule has 0 bridgehead atoms. The lowest BCUT2D eigenvalue weighted by Gasteiger charge is -2.19. The predicted molar refractivity (Wildman–Crippen MR) is 65.4 cm³/mol. The van der Waals surface area contributed by atoms with Gasteiger partial charge in [-0.15, -0.1) is 0 Å². The highest BCUT2D eigenvalue weighted by molar-refractivity contribution is 6.01. The Kier molecular flexibility index (Phi) is 4.54. The van der Waals surface area contributed by atoms with E-state index in [1.165, 1.54) is 43.4 Å². The van der Waals surface area contributed by atoms with E-state index in [1.54, 1.807) is 0 Å². The summed E-state index contributed by atoms with van der Waals surface area (Å²) in [5, 5.41) is 3.48. The fraction of sp³-hybridized carbons (Fsp3) is 0.846. The average molecular weight is 238 g/mol. The number of hydrogen-bond donors (Lipinski definition) is 1. The van der Waals surface area contributed by atoms with Crippen molar-refractivity contribution in [1.82, 2.24) is 10.2 Å². The predicted octanol–water partition coefficient (Wildman–Crippen LogP) is 1.45. The Hall–Kier alpha value is -0.900. The Bertz CT molecular complexity index is 267. The van der Waals surface area contributed by atoms with Gasteiger partial charge in [0.2, 0.25) is 11.8 Å². The van der Waals surface area contributed by atoms with Crippen LogP contribution in [0.2, 0.25) is 0 Å². The molecule has 1 heterocycles. The topological polar surface area (TPSA) is 49.4 Å². The van der Waals surface area contributed by atoms with Crippen LogP contribution >= 0.6 is 0 Å². The minimum Gasteiger partial charge on any atom is -0.312 e. The Balaban J connectivity index is 1.68. The normalized spacial score (nSPS) is 23.2. The van der Waals surface area contributed by atoms with Gasteiger partial charge in [0, 0.05) is 32.0 Å². The molecule has 1 saturated heterocycles. The van der Waals surface area contributed by atoms with Crippen LogP contribution in [0.25, 0.3) is 0 Å². The lowest BCUT2D eigenvalue weighted by Crippen LogP contribution is -2.39. The first-order valence-corrected chi connectivity index (χ1v) is 6.84. The molecular formula is C13H22N2O2. The molecule has 0 aromatic heterocycles. The van der Waals surface area contributed by atoms with Gasteiger partial charge in [0.1, 0.15) is 0 Å². The lowest BCUT2D eigenvalue weighted by atomic mass is 10.1. The number of nitrogens with zero attached hydrogens (tertiary/aromatic N) is 1. The number of nitrogens with one attached hydrogen (secondary N) is 1. The van der Waals surface area contributed by atoms with Crippen LogP contribution in [0.5, 0.6) is 0 Å². The van der Waals surface area contributed by atoms with Gasteiger partial charge in [-0.3, -0.25) is 14.5 Å². The highest BCUT2D eigenvalue weighted by atomic mass is 16.2. The Morgan fingerprint density at radius 1 is 1.00 bits per heavy atom. The first-order chi connectivity index (χ1) is 8.27. The van der Waals surface area contributed by atoms with Crippen molar-refractivity contribution in [1.29, 1.82) is 0 Å². The summed E-state index contributed by atoms with van der Waals surface area (Å²) in [6.45, 7) is 1.30. The maximum absolute atomic E-state index is 11.4. The van der Waals surface area contributed by atoms with Crippen LogP contribution in [0.3, 0.4) is 0 Å². The van der Waals surface area contributed by atoms with Crippen molar-refractivity contribution in [3.63, 3.8) is 0 Å². The first-order valence-electron chi connectivity index (χ1n) is 6.84. The van der Waals surface area contributed by atoms with Crippen LogP contribution in [-0.2, 0) is 9.59 Å². The van der Waals surface area contributed by atoms with E-state index in [0.717, 1.165) is 6.54 Å². The van der Waals surface area contributed by atoms with Crippen LogP contribution in [0.15, 0.2) is 0 Å². The third-order valence-electron chi connectivity index (χ3n) is 3.78. The number of amides is 2. The van der Waals surface area contributed by atoms with Gasteiger partial charge in [-0.25, -0.2) is 0 Å². The summed E-state index contributed by atoms with van der Waals surface area (Å²) >= 11 is 0. The summed E-state index contributed by atoms with van der Waals surface area (Å²) in [6, 6.07) is 0.588. The second-order valence-electron chi connectivity index (χ2n) is 5.08. The van der Waals surface area contributed by atoms with Crippen LogP contribution in [0.4, 0.5) is 0 Å². The third kappa shape index (κ3) is 3.53. The molecule has 1 saturated carbocycles. The zero-order valence-electron chi connectivity index (χ0n) is 10.4. The van der Waals surface area contributed by atoms with E-state index in [0.29, 0.717) is 25.4 Å². The molecule has 4 heteroatoms. The molecule has 96 valence electrons. The Labute approximate surface area is 103 Å². The van der Waals surface area contributed by atoms with Crippen molar-refractivity contribution in [2.75, 3.05) is 13.1 Å². The van der Waals surface area contributed by atoms with Gasteiger partial charge in [-0.2, -0.15) is 0 Å². The largest absolute Gasteiger partial charge is 0.312 e. The molecule has 0 atom stereocenters. The molecule has 2 fully saturated rings. The molecule has 2 rings (SSSR count). The minimum atomic E-state index is -0.00216. The molecule has 0 spiro atoms. The van der Waals surface area contributed by atoms with Crippen molar-refractivity contribution in [2.45, 2.75) is 57.4 Å². The zero-order valence-corrected chi connectivity index (χ0v) is 10.4. The molecule has 1 aliphatic heterocycles. The van der Waals surface area contributed by atoms with Gasteiger partial charge in [0.05, 0.1) is 0 Å². The summed E-state index contributed by atoms with van der Waals surface area (Å²) < 4.78 is 0. The van der Waals surface area contributed by atoms with Crippen molar-refractivity contribution < 1.29 is 9.59 Å². The quantitative estimate of drug-likeness (QED) is 0.595. The fourth-order valence-electron chi connectivity index (χ4n) is 2.74. The molecule has 1 N–H and O–H groups in total. The number of imide groups is 1. The summed E-state index contributed by atoms with van der Waals surface area (Å²) in [4.78, 5) is 24.2. The monoisotopic (exact) mass is 238 g/mol. The maximum atomic E-state index is 11.4. The van der Waals surface area contributed by atoms with Crippen molar-refractivity contribution >= 4 is 11.8 Å². The summed E-state index contributed by atoms with van der Waals surface area (Å²) in [7, 11) is 0.